The first kappa shape index (κ1) is 33.2. The Morgan fingerprint density at radius 3 is 2.34 bits per heavy atom. The van der Waals surface area contributed by atoms with Crippen LogP contribution in [0.3, 0.4) is 0 Å². The van der Waals surface area contributed by atoms with Crippen molar-refractivity contribution in [3.05, 3.63) is 95.6 Å². The molecule has 16 heteroatoms. The molecule has 5 rings (SSSR count). The number of amidine groups is 1. The number of anilines is 2. The van der Waals surface area contributed by atoms with Crippen LogP contribution in [0.1, 0.15) is 42.3 Å². The minimum atomic E-state index is -4.79. The largest absolute Gasteiger partial charge is 0.573 e. The fraction of sp³-hybridized carbons (Fsp3) is 0.194. The lowest BCUT2D eigenvalue weighted by atomic mass is 9.98. The maximum absolute atomic E-state index is 13.5. The Balaban J connectivity index is 1.24. The van der Waals surface area contributed by atoms with E-state index in [2.05, 4.69) is 25.1 Å². The van der Waals surface area contributed by atoms with Crippen LogP contribution < -0.4 is 15.0 Å². The highest BCUT2D eigenvalue weighted by atomic mass is 32.2. The molecule has 1 aromatic heterocycles. The van der Waals surface area contributed by atoms with E-state index in [0.29, 0.717) is 28.3 Å². The van der Waals surface area contributed by atoms with Crippen LogP contribution in [0, 0.1) is 0 Å². The van der Waals surface area contributed by atoms with Crippen LogP contribution in [0.5, 0.6) is 5.75 Å². The number of aromatic nitrogens is 3. The Labute approximate surface area is 268 Å². The number of thioether (sulfide) groups is 1. The number of alkyl halides is 6. The van der Waals surface area contributed by atoms with Gasteiger partial charge in [0.15, 0.2) is 11.0 Å². The average molecular weight is 675 g/mol. The van der Waals surface area contributed by atoms with Gasteiger partial charge in [-0.2, -0.15) is 18.2 Å². The van der Waals surface area contributed by atoms with Crippen molar-refractivity contribution in [3.8, 4) is 11.4 Å². The number of ether oxygens (including phenoxy) is 1. The number of urea groups is 1. The molecule has 3 aromatic carbocycles. The molecule has 9 nitrogen and oxygen atoms in total. The Hall–Kier alpha value is -5.12. The fourth-order valence-corrected chi connectivity index (χ4v) is 5.31. The van der Waals surface area contributed by atoms with Gasteiger partial charge in [-0.1, -0.05) is 49.9 Å². The van der Waals surface area contributed by atoms with Crippen LogP contribution in [0.4, 0.5) is 42.5 Å². The lowest BCUT2D eigenvalue weighted by molar-refractivity contribution is -0.274. The van der Waals surface area contributed by atoms with Crippen LogP contribution in [-0.2, 0) is 11.0 Å². The number of hydrogen-bond donors (Lipinski definition) is 1. The van der Waals surface area contributed by atoms with E-state index in [-0.39, 0.29) is 28.3 Å². The monoisotopic (exact) mass is 674 g/mol. The standard InChI is InChI=1S/C31H24F6N6O3S/c1-18(2)24-13-6-20(30(32,33)34)15-25(24)43-27(44)16-47-29(43)40-28(45)39-21-7-3-19(4-8-21)5-14-26-38-17-42(41-26)22-9-11-23(12-10-22)46-31(35,36)37/h3-15,17-18H,16H2,1-2H3,(H,39,45)/b14-5+,40-29?. The van der Waals surface area contributed by atoms with Gasteiger partial charge in [0.05, 0.1) is 22.7 Å². The van der Waals surface area contributed by atoms with Gasteiger partial charge in [-0.15, -0.1) is 18.3 Å². The van der Waals surface area contributed by atoms with Crippen LogP contribution >= 0.6 is 11.8 Å². The highest BCUT2D eigenvalue weighted by Crippen LogP contribution is 2.38. The zero-order valence-corrected chi connectivity index (χ0v) is 25.3. The smallest absolute Gasteiger partial charge is 0.406 e. The minimum absolute atomic E-state index is 0.0280. The van der Waals surface area contributed by atoms with Crippen LogP contribution in [0.15, 0.2) is 78.0 Å². The van der Waals surface area contributed by atoms with E-state index in [1.54, 1.807) is 50.3 Å². The topological polar surface area (TPSA) is 102 Å². The molecule has 244 valence electrons. The van der Waals surface area contributed by atoms with Crippen molar-refractivity contribution < 1.29 is 40.7 Å². The molecule has 0 aliphatic carbocycles. The lowest BCUT2D eigenvalue weighted by Crippen LogP contribution is -2.31. The van der Waals surface area contributed by atoms with E-state index in [1.165, 1.54) is 29.2 Å². The van der Waals surface area contributed by atoms with Crippen molar-refractivity contribution in [2.45, 2.75) is 32.3 Å². The first-order valence-electron chi connectivity index (χ1n) is 13.8. The summed E-state index contributed by atoms with van der Waals surface area (Å²) < 4.78 is 82.8. The molecule has 0 unspecified atom stereocenters. The van der Waals surface area contributed by atoms with Gasteiger partial charge >= 0.3 is 18.6 Å². The first-order chi connectivity index (χ1) is 22.2. The van der Waals surface area contributed by atoms with Crippen molar-refractivity contribution in [2.24, 2.45) is 4.99 Å². The highest BCUT2D eigenvalue weighted by molar-refractivity contribution is 8.15. The van der Waals surface area contributed by atoms with Crippen LogP contribution in [0.2, 0.25) is 0 Å². The van der Waals surface area contributed by atoms with Crippen LogP contribution in [0.25, 0.3) is 17.8 Å². The number of carbonyl (C=O) groups is 2. The summed E-state index contributed by atoms with van der Waals surface area (Å²) in [5.74, 6) is -0.826. The van der Waals surface area contributed by atoms with Gasteiger partial charge in [0.1, 0.15) is 12.1 Å². The Bertz CT molecular complexity index is 1830. The lowest BCUT2D eigenvalue weighted by Gasteiger charge is -2.23. The number of amides is 3. The number of carbonyl (C=O) groups excluding carboxylic acids is 2. The van der Waals surface area contributed by atoms with E-state index in [1.807, 2.05) is 0 Å². The van der Waals surface area contributed by atoms with Gasteiger partial charge in [0.2, 0.25) is 5.91 Å². The summed E-state index contributed by atoms with van der Waals surface area (Å²) >= 11 is 0.951. The van der Waals surface area contributed by atoms with Gasteiger partial charge < -0.3 is 10.1 Å². The predicted octanol–water partition coefficient (Wildman–Crippen LogP) is 8.15. The summed E-state index contributed by atoms with van der Waals surface area (Å²) in [5, 5.41) is 6.82. The fourth-order valence-electron chi connectivity index (χ4n) is 4.45. The van der Waals surface area contributed by atoms with E-state index < -0.39 is 30.0 Å². The van der Waals surface area contributed by atoms with Gasteiger partial charge in [0, 0.05) is 5.69 Å². The molecule has 4 aromatic rings. The normalized spacial score (nSPS) is 14.9. The number of nitrogens with one attached hydrogen (secondary N) is 1. The maximum atomic E-state index is 13.5. The molecule has 0 bridgehead atoms. The summed E-state index contributed by atoms with van der Waals surface area (Å²) in [6, 6.07) is 14.1. The highest BCUT2D eigenvalue weighted by Gasteiger charge is 2.36. The molecule has 1 saturated heterocycles. The number of aliphatic imine (C=N–C) groups is 1. The SMILES string of the molecule is CC(C)c1ccc(C(F)(F)F)cc1N1C(=O)CSC1=NC(=O)Nc1ccc(/C=C/c2ncn(-c3ccc(OC(F)(F)F)cc3)n2)cc1. The van der Waals surface area contributed by atoms with Gasteiger partial charge in [-0.25, -0.2) is 14.5 Å². The summed E-state index contributed by atoms with van der Waals surface area (Å²) in [6.07, 6.45) is -4.71. The summed E-state index contributed by atoms with van der Waals surface area (Å²) in [5.41, 5.74) is 1.17. The summed E-state index contributed by atoms with van der Waals surface area (Å²) in [4.78, 5) is 34.7. The third-order valence-electron chi connectivity index (χ3n) is 6.61. The van der Waals surface area contributed by atoms with E-state index in [0.717, 1.165) is 40.9 Å². The predicted molar refractivity (Wildman–Crippen MR) is 165 cm³/mol. The second-order valence-corrected chi connectivity index (χ2v) is 11.3. The van der Waals surface area contributed by atoms with Gasteiger partial charge in [0.25, 0.3) is 0 Å². The molecule has 1 N–H and O–H groups in total. The third kappa shape index (κ3) is 8.38. The van der Waals surface area contributed by atoms with E-state index >= 15 is 0 Å². The minimum Gasteiger partial charge on any atom is -0.406 e. The van der Waals surface area contributed by atoms with Crippen molar-refractivity contribution in [2.75, 3.05) is 16.0 Å². The van der Waals surface area contributed by atoms with Crippen molar-refractivity contribution in [1.29, 1.82) is 0 Å². The second-order valence-electron chi connectivity index (χ2n) is 10.3. The second kappa shape index (κ2) is 13.3. The van der Waals surface area contributed by atoms with Crippen molar-refractivity contribution in [1.82, 2.24) is 14.8 Å². The summed E-state index contributed by atoms with van der Waals surface area (Å²) in [6.45, 7) is 3.57. The third-order valence-corrected chi connectivity index (χ3v) is 7.54. The van der Waals surface area contributed by atoms with Crippen molar-refractivity contribution in [3.63, 3.8) is 0 Å². The molecule has 1 aliphatic rings. The van der Waals surface area contributed by atoms with Gasteiger partial charge in [-0.05, 0) is 71.7 Å². The molecular weight excluding hydrogens is 650 g/mol. The van der Waals surface area contributed by atoms with Crippen LogP contribution in [-0.4, -0.2) is 44.0 Å². The molecule has 0 spiro atoms. The van der Waals surface area contributed by atoms with E-state index in [9.17, 15) is 35.9 Å². The first-order valence-corrected chi connectivity index (χ1v) is 14.8. The molecule has 2 heterocycles. The molecule has 0 saturated carbocycles. The molecule has 47 heavy (non-hydrogen) atoms. The number of rotatable bonds is 7. The Morgan fingerprint density at radius 1 is 1.00 bits per heavy atom. The van der Waals surface area contributed by atoms with E-state index in [4.69, 9.17) is 0 Å². The Kier molecular flexibility index (Phi) is 9.42. The Morgan fingerprint density at radius 2 is 1.70 bits per heavy atom. The summed E-state index contributed by atoms with van der Waals surface area (Å²) in [7, 11) is 0. The average Bonchev–Trinajstić information content (AvgIpc) is 3.62. The van der Waals surface area contributed by atoms with Gasteiger partial charge in [-0.3, -0.25) is 9.69 Å². The molecule has 0 atom stereocenters. The number of hydrogen-bond acceptors (Lipinski definition) is 6. The van der Waals surface area contributed by atoms with Crippen molar-refractivity contribution >= 4 is 52.4 Å². The zero-order chi connectivity index (χ0) is 33.9. The number of halogens is 6. The zero-order valence-electron chi connectivity index (χ0n) is 24.5. The number of benzene rings is 3. The molecule has 1 fully saturated rings. The molecule has 1 aliphatic heterocycles. The molecule has 0 radical (unpaired) electrons. The quantitative estimate of drug-likeness (QED) is 0.199. The maximum Gasteiger partial charge on any atom is 0.573 e. The molecule has 3 amide bonds. The number of nitrogens with zero attached hydrogens (tertiary/aromatic N) is 5. The molecular formula is C31H24F6N6O3S.